The number of carbonyl (C=O) groups is 3. The number of carbonyl (C=O) groups excluding carboxylic acids is 3. The second-order valence-electron chi connectivity index (χ2n) is 17.3. The number of cyclic esters (lactones) is 1. The Morgan fingerprint density at radius 3 is 2.27 bits per heavy atom. The number of aromatic nitrogens is 1. The second kappa shape index (κ2) is 23.5. The summed E-state index contributed by atoms with van der Waals surface area (Å²) < 4.78 is 49.0. The lowest BCUT2D eigenvalue weighted by Crippen LogP contribution is -2.67. The predicted octanol–water partition coefficient (Wildman–Crippen LogP) is 3.40. The summed E-state index contributed by atoms with van der Waals surface area (Å²) in [4.78, 5) is 44.7. The molecule has 17 heteroatoms. The molecule has 0 aromatic carbocycles. The zero-order valence-corrected chi connectivity index (χ0v) is 38.3. The van der Waals surface area contributed by atoms with E-state index in [1.807, 2.05) is 0 Å². The third-order valence-corrected chi connectivity index (χ3v) is 11.7. The third kappa shape index (κ3) is 14.2. The van der Waals surface area contributed by atoms with Crippen LogP contribution in [0.1, 0.15) is 92.6 Å². The number of likely N-dealkylation sites (N-methyl/N-ethyl adjacent to an activating group) is 1. The van der Waals surface area contributed by atoms with Gasteiger partial charge in [-0.1, -0.05) is 57.2 Å². The average Bonchev–Trinajstić information content (AvgIpc) is 3.22. The van der Waals surface area contributed by atoms with Crippen molar-refractivity contribution in [1.29, 1.82) is 0 Å². The summed E-state index contributed by atoms with van der Waals surface area (Å²) >= 11 is 0. The molecule has 2 fully saturated rings. The summed E-state index contributed by atoms with van der Waals surface area (Å²) in [5, 5.41) is 48.2. The van der Waals surface area contributed by atoms with E-state index in [4.69, 9.17) is 37.9 Å². The molecule has 3 aliphatic heterocycles. The molecule has 4 N–H and O–H groups in total. The van der Waals surface area contributed by atoms with Gasteiger partial charge < -0.3 is 63.2 Å². The minimum absolute atomic E-state index is 0.0488. The number of methoxy groups -OCH3 is 1. The molecule has 63 heavy (non-hydrogen) atoms. The lowest BCUT2D eigenvalue weighted by molar-refractivity contribution is -0.348. The molecular weight excluding hydrogens is 821 g/mol. The monoisotopic (exact) mass is 890 g/mol. The van der Waals surface area contributed by atoms with Gasteiger partial charge in [0.2, 0.25) is 0 Å². The van der Waals surface area contributed by atoms with Gasteiger partial charge in [-0.15, -0.1) is 0 Å². The predicted molar refractivity (Wildman–Crippen MR) is 229 cm³/mol. The fraction of sp³-hybridized carbons (Fsp3) is 0.696. The molecule has 0 bridgehead atoms. The van der Waals surface area contributed by atoms with Crippen LogP contribution in [0, 0.1) is 5.92 Å². The molecule has 1 aromatic heterocycles. The minimum atomic E-state index is -2.10. The van der Waals surface area contributed by atoms with Gasteiger partial charge in [0, 0.05) is 45.2 Å². The molecule has 0 radical (unpaired) electrons. The van der Waals surface area contributed by atoms with Crippen LogP contribution in [-0.2, 0) is 52.3 Å². The van der Waals surface area contributed by atoms with Gasteiger partial charge >= 0.3 is 17.9 Å². The molecule has 0 aliphatic carbocycles. The number of nitrogens with zero attached hydrogens (tertiary/aromatic N) is 2. The maximum atomic E-state index is 13.5. The van der Waals surface area contributed by atoms with Gasteiger partial charge in [-0.25, -0.2) is 0 Å². The molecule has 0 spiro atoms. The standard InChI is InChI=1S/C46H70N2O15/c1-11-34(50)60-33-23-36(52)57-28(4)17-14-13-15-19-32(49)27(3)24-46(55,21-20-31-18-16-22-47-26-31)43(41(33)56-10)63-44-39(53)38(48(8)9)40(29(5)59-44)62-37-25-45(7,54)42(30(6)58-37)61-35(51)12-2/h13-16,18-22,26-30,32-33,37-44,49,53-55H,11-12,17,23-25H2,1-10H3/t27-,28-,29?,30?,32+,33-,37?,38?,39?,40?,41+,42?,43-,44?,45?,46-/m1/s1. The summed E-state index contributed by atoms with van der Waals surface area (Å²) in [6.45, 7) is 11.6. The largest absolute Gasteiger partial charge is 0.462 e. The number of aliphatic hydroxyl groups is 4. The first-order valence-corrected chi connectivity index (χ1v) is 21.9. The summed E-state index contributed by atoms with van der Waals surface area (Å²) in [6.07, 6.45) is -0.643. The van der Waals surface area contributed by atoms with Crippen LogP contribution in [0.5, 0.6) is 0 Å². The molecular formula is C46H70N2O15. The van der Waals surface area contributed by atoms with Gasteiger partial charge in [-0.2, -0.15) is 0 Å². The first-order chi connectivity index (χ1) is 29.7. The molecule has 2 saturated heterocycles. The summed E-state index contributed by atoms with van der Waals surface area (Å²) in [5.41, 5.74) is -3.01. The van der Waals surface area contributed by atoms with Crippen LogP contribution < -0.4 is 0 Å². The van der Waals surface area contributed by atoms with E-state index in [0.717, 1.165) is 0 Å². The van der Waals surface area contributed by atoms with Crippen molar-refractivity contribution in [3.63, 3.8) is 0 Å². The zero-order valence-electron chi connectivity index (χ0n) is 38.3. The highest BCUT2D eigenvalue weighted by molar-refractivity contribution is 5.73. The average molecular weight is 891 g/mol. The molecule has 1 aromatic rings. The molecule has 0 amide bonds. The number of esters is 3. The number of aliphatic hydroxyl groups excluding tert-OH is 2. The van der Waals surface area contributed by atoms with Gasteiger partial charge in [0.1, 0.15) is 47.8 Å². The van der Waals surface area contributed by atoms with Crippen LogP contribution in [0.3, 0.4) is 0 Å². The summed E-state index contributed by atoms with van der Waals surface area (Å²) in [5.74, 6) is -2.48. The zero-order chi connectivity index (χ0) is 46.6. The van der Waals surface area contributed by atoms with E-state index in [9.17, 15) is 34.8 Å². The van der Waals surface area contributed by atoms with Gasteiger partial charge in [0.25, 0.3) is 0 Å². The van der Waals surface area contributed by atoms with E-state index in [1.165, 1.54) is 13.2 Å². The Morgan fingerprint density at radius 2 is 1.65 bits per heavy atom. The fourth-order valence-corrected chi connectivity index (χ4v) is 8.33. The summed E-state index contributed by atoms with van der Waals surface area (Å²) in [6, 6.07) is 2.64. The van der Waals surface area contributed by atoms with Crippen LogP contribution in [-0.4, -0.2) is 160 Å². The van der Waals surface area contributed by atoms with Gasteiger partial charge in [-0.05, 0) is 71.8 Å². The minimum Gasteiger partial charge on any atom is -0.462 e. The van der Waals surface area contributed by atoms with Crippen molar-refractivity contribution in [1.82, 2.24) is 9.88 Å². The van der Waals surface area contributed by atoms with Crippen molar-refractivity contribution < 1.29 is 72.7 Å². The van der Waals surface area contributed by atoms with E-state index in [0.29, 0.717) is 12.0 Å². The van der Waals surface area contributed by atoms with Gasteiger partial charge in [-0.3, -0.25) is 19.4 Å². The summed E-state index contributed by atoms with van der Waals surface area (Å²) in [7, 11) is 4.78. The topological polar surface area (TPSA) is 222 Å². The highest BCUT2D eigenvalue weighted by Gasteiger charge is 2.54. The Morgan fingerprint density at radius 1 is 0.952 bits per heavy atom. The van der Waals surface area contributed by atoms with Crippen LogP contribution in [0.2, 0.25) is 0 Å². The maximum Gasteiger partial charge on any atom is 0.309 e. The van der Waals surface area contributed by atoms with Crippen LogP contribution in [0.4, 0.5) is 0 Å². The van der Waals surface area contributed by atoms with Crippen molar-refractivity contribution in [3.8, 4) is 0 Å². The number of rotatable bonds is 12. The molecule has 0 saturated carbocycles. The molecule has 354 valence electrons. The molecule has 16 atom stereocenters. The molecule has 17 nitrogen and oxygen atoms in total. The highest BCUT2D eigenvalue weighted by Crippen LogP contribution is 2.39. The Labute approximate surface area is 371 Å². The van der Waals surface area contributed by atoms with Crippen molar-refractivity contribution in [2.75, 3.05) is 21.2 Å². The number of ether oxygens (including phenoxy) is 8. The Balaban J connectivity index is 1.80. The normalized spacial score (nSPS) is 38.6. The number of allylic oxidation sites excluding steroid dienone is 2. The smallest absolute Gasteiger partial charge is 0.309 e. The van der Waals surface area contributed by atoms with E-state index in [2.05, 4.69) is 4.98 Å². The maximum absolute atomic E-state index is 13.5. The van der Waals surface area contributed by atoms with Crippen molar-refractivity contribution in [3.05, 3.63) is 60.5 Å². The van der Waals surface area contributed by atoms with Gasteiger partial charge in [0.15, 0.2) is 18.7 Å². The van der Waals surface area contributed by atoms with E-state index in [-0.39, 0.29) is 25.7 Å². The molecule has 9 unspecified atom stereocenters. The Bertz CT molecular complexity index is 1710. The van der Waals surface area contributed by atoms with Crippen LogP contribution in [0.15, 0.2) is 54.9 Å². The second-order valence-corrected chi connectivity index (χ2v) is 17.3. The van der Waals surface area contributed by atoms with Crippen molar-refractivity contribution in [2.45, 2.75) is 178 Å². The SMILES string of the molecule is CCC(=O)OC1C(C)OC(OC2C(C)OC(O[C@@H]3[C@@H](OC)[C@H](OC(=O)CC)CC(=O)O[C@H](C)CC=CC=C[C@H](O)[C@H](C)C[C@]3(O)C=Cc3cccnc3)C(O)C2N(C)C)CC1(C)O. The quantitative estimate of drug-likeness (QED) is 0.174. The molecule has 3 aliphatic rings. The van der Waals surface area contributed by atoms with Gasteiger partial charge in [0.05, 0.1) is 30.8 Å². The van der Waals surface area contributed by atoms with E-state index < -0.39 is 121 Å². The third-order valence-electron chi connectivity index (χ3n) is 11.7. The molecule has 4 rings (SSSR count). The fourth-order valence-electron chi connectivity index (χ4n) is 8.33. The highest BCUT2D eigenvalue weighted by atomic mass is 16.7. The number of pyridine rings is 1. The Kier molecular flexibility index (Phi) is 19.4. The van der Waals surface area contributed by atoms with Crippen molar-refractivity contribution in [2.24, 2.45) is 5.92 Å². The molecule has 4 heterocycles. The van der Waals surface area contributed by atoms with Crippen LogP contribution in [0.25, 0.3) is 6.08 Å². The first-order valence-electron chi connectivity index (χ1n) is 21.9. The van der Waals surface area contributed by atoms with Crippen LogP contribution >= 0.6 is 0 Å². The first kappa shape index (κ1) is 52.0. The lowest BCUT2D eigenvalue weighted by Gasteiger charge is -2.51. The number of hydrogen-bond acceptors (Lipinski definition) is 17. The van der Waals surface area contributed by atoms with E-state index >= 15 is 0 Å². The van der Waals surface area contributed by atoms with E-state index in [1.54, 1.807) is 122 Å². The Hall–Kier alpha value is -3.62. The van der Waals surface area contributed by atoms with Crippen molar-refractivity contribution >= 4 is 24.0 Å². The lowest BCUT2D eigenvalue weighted by atomic mass is 9.79. The number of hydrogen-bond donors (Lipinski definition) is 4.